The lowest BCUT2D eigenvalue weighted by Gasteiger charge is -2.34. The highest BCUT2D eigenvalue weighted by Crippen LogP contribution is 2.40. The minimum atomic E-state index is -0.929. The summed E-state index contributed by atoms with van der Waals surface area (Å²) < 4.78 is 67.3. The van der Waals surface area contributed by atoms with Crippen LogP contribution in [0.25, 0.3) is 0 Å². The van der Waals surface area contributed by atoms with Gasteiger partial charge in [-0.2, -0.15) is 0 Å². The van der Waals surface area contributed by atoms with E-state index in [1.165, 1.54) is 38.0 Å². The second-order valence-corrected chi connectivity index (χ2v) is 43.7. The van der Waals surface area contributed by atoms with Crippen molar-refractivity contribution in [3.05, 3.63) is 75.0 Å². The number of ether oxygens (including phenoxy) is 12. The lowest BCUT2D eigenvalue weighted by Crippen LogP contribution is -2.40. The van der Waals surface area contributed by atoms with Crippen molar-refractivity contribution in [3.63, 3.8) is 0 Å². The van der Waals surface area contributed by atoms with Crippen LogP contribution in [0.5, 0.6) is 0 Å². The first kappa shape index (κ1) is 128. The highest BCUT2D eigenvalue weighted by molar-refractivity contribution is 5.72. The van der Waals surface area contributed by atoms with Crippen molar-refractivity contribution < 1.29 is 100.0 Å². The summed E-state index contributed by atoms with van der Waals surface area (Å²) >= 11 is 0. The molecule has 6 N–H and O–H groups in total. The van der Waals surface area contributed by atoms with Gasteiger partial charge in [0, 0.05) is 74.8 Å². The van der Waals surface area contributed by atoms with E-state index in [4.69, 9.17) is 56.8 Å². The van der Waals surface area contributed by atoms with Gasteiger partial charge in [-0.3, -0.25) is 14.4 Å². The first-order valence-electron chi connectivity index (χ1n) is 59.7. The molecule has 6 aliphatic carbocycles. The average Bonchev–Trinajstić information content (AvgIpc) is 0.872. The molecule has 27 heteroatoms. The van der Waals surface area contributed by atoms with Crippen LogP contribution in [0.15, 0.2) is 75.0 Å². The Balaban J connectivity index is 0.861. The van der Waals surface area contributed by atoms with Crippen molar-refractivity contribution in [2.75, 3.05) is 52.9 Å². The zero-order valence-electron chi connectivity index (χ0n) is 92.2. The number of amides is 6. The Kier molecular flexibility index (Phi) is 74.1. The molecule has 3 atom stereocenters. The van der Waals surface area contributed by atoms with Crippen molar-refractivity contribution >= 4 is 54.5 Å². The fourth-order valence-electron chi connectivity index (χ4n) is 22.2. The number of allylic oxidation sites excluding steroid dienone is 3. The van der Waals surface area contributed by atoms with E-state index in [0.29, 0.717) is 114 Å². The van der Waals surface area contributed by atoms with Gasteiger partial charge in [0.25, 0.3) is 0 Å². The molecule has 3 unspecified atom stereocenters. The number of esters is 3. The Morgan fingerprint density at radius 1 is 0.238 bits per heavy atom. The second-order valence-electron chi connectivity index (χ2n) is 43.7. The quantitative estimate of drug-likeness (QED) is 0.0108. The molecule has 0 spiro atoms. The van der Waals surface area contributed by atoms with Crippen molar-refractivity contribution in [1.82, 2.24) is 31.9 Å². The second kappa shape index (κ2) is 85.4. The summed E-state index contributed by atoms with van der Waals surface area (Å²) in [5, 5.41) is 18.9. The normalized spacial score (nSPS) is 21.9. The van der Waals surface area contributed by atoms with Crippen LogP contribution < -0.4 is 31.9 Å². The molecule has 0 aromatic rings. The van der Waals surface area contributed by atoms with Gasteiger partial charge in [-0.25, -0.2) is 28.8 Å². The van der Waals surface area contributed by atoms with Gasteiger partial charge in [0.2, 0.25) is 0 Å². The molecule has 0 radical (unpaired) electrons. The van der Waals surface area contributed by atoms with Crippen LogP contribution in [0.3, 0.4) is 0 Å². The fraction of sp³-hybridized carbons (Fsp3) is 0.825. The van der Waals surface area contributed by atoms with Gasteiger partial charge >= 0.3 is 54.5 Å². The van der Waals surface area contributed by atoms with E-state index in [0.717, 1.165) is 385 Å². The molecule has 6 aliphatic rings. The average molecular weight is 2070 g/mol. The summed E-state index contributed by atoms with van der Waals surface area (Å²) in [5.41, 5.74) is 0. The van der Waals surface area contributed by atoms with Crippen LogP contribution in [-0.2, 0) is 71.2 Å². The summed E-state index contributed by atoms with van der Waals surface area (Å²) in [7, 11) is 0. The molecule has 6 amide bonds. The summed E-state index contributed by atoms with van der Waals surface area (Å²) in [6.07, 6.45) is 82.3. The molecule has 27 nitrogen and oxygen atoms in total. The SMILES string of the molecule is C=COCCCCOC(=O)NC1CCC(CC2CCC(NC(=O)OC(C/C=C/CCCCCCCC(=O)OCC(COC(=O)CCCCCCC/C=C/CC(CCCCCC)OC(=O)NC3CCC(CC4CCC(NC(=O)OCCCCOC=C)CC4)CC3)OC(=O)CCCCCCC/C=C/CC(CCCCCC)OC(=O)NC3CCC(CC4CCC(NC(=O)OCCCCOC=C)CC4)CC3)CCCCCC)CC2)CC1. The van der Waals surface area contributed by atoms with E-state index in [9.17, 15) is 43.2 Å². The minimum Gasteiger partial charge on any atom is -0.502 e. The highest BCUT2D eigenvalue weighted by Gasteiger charge is 2.35. The Labute approximate surface area is 888 Å². The molecular formula is C120H206N6O21. The Morgan fingerprint density at radius 2 is 0.469 bits per heavy atom. The van der Waals surface area contributed by atoms with Gasteiger partial charge in [0.05, 0.1) is 58.4 Å². The molecule has 147 heavy (non-hydrogen) atoms. The summed E-state index contributed by atoms with van der Waals surface area (Å²) in [6, 6.07) is 0.898. The smallest absolute Gasteiger partial charge is 0.407 e. The fourth-order valence-corrected chi connectivity index (χ4v) is 22.2. The van der Waals surface area contributed by atoms with E-state index in [-0.39, 0.29) is 136 Å². The predicted octanol–water partition coefficient (Wildman–Crippen LogP) is 29.7. The number of hydrogen-bond acceptors (Lipinski definition) is 21. The molecule has 0 heterocycles. The molecular weight excluding hydrogens is 1860 g/mol. The number of nitrogens with one attached hydrogen (secondary N) is 6. The van der Waals surface area contributed by atoms with Crippen molar-refractivity contribution in [2.24, 2.45) is 35.5 Å². The third-order valence-electron chi connectivity index (χ3n) is 31.1. The molecule has 0 saturated heterocycles. The topological polar surface area (TPSA) is 337 Å². The van der Waals surface area contributed by atoms with Crippen molar-refractivity contribution in [3.8, 4) is 0 Å². The van der Waals surface area contributed by atoms with Gasteiger partial charge in [-0.05, 0) is 344 Å². The number of carbonyl (C=O) groups excluding carboxylic acids is 9. The van der Waals surface area contributed by atoms with Gasteiger partial charge in [0.15, 0.2) is 6.10 Å². The largest absolute Gasteiger partial charge is 0.502 e. The number of alkyl carbamates (subject to hydrolysis) is 6. The van der Waals surface area contributed by atoms with Crippen molar-refractivity contribution in [2.45, 2.75) is 544 Å². The Morgan fingerprint density at radius 3 is 0.728 bits per heavy atom. The summed E-state index contributed by atoms with van der Waals surface area (Å²) in [4.78, 5) is 117. The van der Waals surface area contributed by atoms with E-state index >= 15 is 0 Å². The van der Waals surface area contributed by atoms with Gasteiger partial charge < -0.3 is 88.7 Å². The van der Waals surface area contributed by atoms with E-state index in [1.807, 2.05) is 0 Å². The molecule has 842 valence electrons. The van der Waals surface area contributed by atoms with Crippen LogP contribution in [0.2, 0.25) is 0 Å². The number of rotatable bonds is 83. The number of unbranched alkanes of at least 4 members (excludes halogenated alkanes) is 27. The maximum absolute atomic E-state index is 13.5. The Bertz CT molecular complexity index is 3370. The van der Waals surface area contributed by atoms with E-state index in [2.05, 4.69) is 109 Å². The van der Waals surface area contributed by atoms with Gasteiger partial charge in [0.1, 0.15) is 31.5 Å². The zero-order chi connectivity index (χ0) is 105. The van der Waals surface area contributed by atoms with Crippen molar-refractivity contribution in [1.29, 1.82) is 0 Å². The third kappa shape index (κ3) is 67.0. The maximum atomic E-state index is 13.5. The standard InChI is InChI=1S/C120H206N6O21/c1-7-13-16-37-52-108(145-118(133)124-105-79-67-99(68-80-105)91-96-61-73-102(74-62-96)121-115(130)139-88-49-46-85-136-10-4)55-40-31-25-19-22-28-34-43-58-112(127)142-94-111(144-114(129)60-45-36-30-24-21-27-33-42-57-110(54-39-18-15-9-3)147-120(135)126-107-83-71-101(72-84-107)93-98-65-77-104(78-66-98)123-117(132)141-90-51-48-87-138-12-6)95-143-113(128)59-44-35-29-23-20-26-32-41-56-109(53-38-17-14-8-2)146-119(134)125-106-81-69-100(70-82-106)92-97-63-75-103(76-64-97)122-116(131)140-89-50-47-86-137-11-5/h10-12,31-33,40-42,96-111H,4-9,13-30,34-39,43-95H2,1-3H3,(H,121,130)(H,122,131)(H,123,132)(H,124,133)(H,125,134)(H,126,135)/b40-31+,41-32+,42-33+. The monoisotopic (exact) mass is 2070 g/mol. The highest BCUT2D eigenvalue weighted by atomic mass is 16.6. The van der Waals surface area contributed by atoms with Crippen LogP contribution in [-0.4, -0.2) is 168 Å². The summed E-state index contributed by atoms with van der Waals surface area (Å²) in [5.74, 6) is 2.81. The van der Waals surface area contributed by atoms with Gasteiger partial charge in [-0.1, -0.05) is 193 Å². The molecule has 0 aliphatic heterocycles. The van der Waals surface area contributed by atoms with E-state index in [1.54, 1.807) is 0 Å². The molecule has 0 bridgehead atoms. The first-order valence-corrected chi connectivity index (χ1v) is 59.7. The first-order chi connectivity index (χ1) is 71.9. The van der Waals surface area contributed by atoms with Crippen LogP contribution >= 0.6 is 0 Å². The molecule has 0 aromatic carbocycles. The Hall–Kier alpha value is -8.13. The summed E-state index contributed by atoms with van der Waals surface area (Å²) in [6.45, 7) is 19.8. The minimum absolute atomic E-state index is 0.128. The number of hydrogen-bond donors (Lipinski definition) is 6. The van der Waals surface area contributed by atoms with Crippen LogP contribution in [0, 0.1) is 35.5 Å². The van der Waals surface area contributed by atoms with E-state index < -0.39 is 12.1 Å². The molecule has 6 fully saturated rings. The van der Waals surface area contributed by atoms with Crippen LogP contribution in [0.1, 0.15) is 483 Å². The molecule has 6 saturated carbocycles. The lowest BCUT2D eigenvalue weighted by atomic mass is 9.76. The molecule has 0 aromatic heterocycles. The third-order valence-corrected chi connectivity index (χ3v) is 31.1. The zero-order valence-corrected chi connectivity index (χ0v) is 92.2. The van der Waals surface area contributed by atoms with Gasteiger partial charge in [-0.15, -0.1) is 0 Å². The maximum Gasteiger partial charge on any atom is 0.407 e. The lowest BCUT2D eigenvalue weighted by molar-refractivity contribution is -0.167. The van der Waals surface area contributed by atoms with Crippen LogP contribution in [0.4, 0.5) is 28.8 Å². The predicted molar refractivity (Wildman–Crippen MR) is 584 cm³/mol. The molecule has 6 rings (SSSR count). The number of carbonyl (C=O) groups is 9.